The van der Waals surface area contributed by atoms with Crippen molar-refractivity contribution in [3.05, 3.63) is 65.0 Å². The van der Waals surface area contributed by atoms with E-state index < -0.39 is 23.5 Å². The molecular weight excluding hydrogens is 362 g/mol. The predicted octanol–water partition coefficient (Wildman–Crippen LogP) is 2.82. The summed E-state index contributed by atoms with van der Waals surface area (Å²) in [5, 5.41) is 12.6. The minimum Gasteiger partial charge on any atom is -0.484 e. The van der Waals surface area contributed by atoms with Crippen molar-refractivity contribution in [2.24, 2.45) is 0 Å². The molecule has 2 N–H and O–H groups in total. The van der Waals surface area contributed by atoms with Crippen molar-refractivity contribution in [3.8, 4) is 17.1 Å². The molecule has 0 aliphatic rings. The van der Waals surface area contributed by atoms with Crippen molar-refractivity contribution < 1.29 is 23.8 Å². The van der Waals surface area contributed by atoms with Gasteiger partial charge in [-0.2, -0.15) is 0 Å². The first-order valence-electron chi connectivity index (χ1n) is 8.76. The van der Waals surface area contributed by atoms with Crippen LogP contribution in [0.3, 0.4) is 0 Å². The number of ether oxygens (including phenoxy) is 1. The van der Waals surface area contributed by atoms with E-state index in [1.165, 1.54) is 0 Å². The van der Waals surface area contributed by atoms with Crippen LogP contribution in [-0.4, -0.2) is 29.6 Å². The number of carbonyl (C=O) groups excluding carboxylic acids is 1. The maximum atomic E-state index is 12.1. The quantitative estimate of drug-likeness (QED) is 0.652. The zero-order chi connectivity index (χ0) is 20.1. The molecule has 0 aliphatic heterocycles. The summed E-state index contributed by atoms with van der Waals surface area (Å²) in [6.45, 7) is 1.37. The Morgan fingerprint density at radius 1 is 1.14 bits per heavy atom. The molecule has 1 aromatic heterocycles. The smallest absolute Gasteiger partial charge is 0.344 e. The molecule has 0 radical (unpaired) electrons. The Hall–Kier alpha value is -3.61. The van der Waals surface area contributed by atoms with Crippen molar-refractivity contribution in [1.29, 1.82) is 0 Å². The van der Waals surface area contributed by atoms with Gasteiger partial charge in [-0.05, 0) is 48.2 Å². The van der Waals surface area contributed by atoms with Crippen LogP contribution in [0.1, 0.15) is 13.3 Å². The molecule has 0 bridgehead atoms. The van der Waals surface area contributed by atoms with Gasteiger partial charge in [0.15, 0.2) is 6.61 Å². The molecule has 0 fully saturated rings. The third-order valence-electron chi connectivity index (χ3n) is 4.22. The molecule has 3 rings (SSSR count). The molecule has 2 aromatic carbocycles. The van der Waals surface area contributed by atoms with E-state index >= 15 is 0 Å². The molecule has 0 aliphatic carbocycles. The topological polar surface area (TPSA) is 106 Å². The molecule has 0 unspecified atom stereocenters. The summed E-state index contributed by atoms with van der Waals surface area (Å²) in [4.78, 5) is 34.8. The maximum Gasteiger partial charge on any atom is 0.344 e. The number of nitrogens with one attached hydrogen (secondary N) is 1. The molecule has 28 heavy (non-hydrogen) atoms. The highest BCUT2D eigenvalue weighted by Crippen LogP contribution is 2.24. The molecule has 7 nitrogen and oxygen atoms in total. The second-order valence-corrected chi connectivity index (χ2v) is 6.16. The van der Waals surface area contributed by atoms with Gasteiger partial charge in [0, 0.05) is 5.56 Å². The fraction of sp³-hybridized carbons (Fsp3) is 0.190. The maximum absolute atomic E-state index is 12.1. The van der Waals surface area contributed by atoms with Crippen LogP contribution in [-0.2, 0) is 9.59 Å². The van der Waals surface area contributed by atoms with Crippen molar-refractivity contribution in [2.75, 3.05) is 6.61 Å². The second kappa shape index (κ2) is 8.39. The van der Waals surface area contributed by atoms with Gasteiger partial charge in [0.25, 0.3) is 5.91 Å². The minimum atomic E-state index is -1.09. The van der Waals surface area contributed by atoms with Gasteiger partial charge >= 0.3 is 11.6 Å². The van der Waals surface area contributed by atoms with Crippen LogP contribution in [0, 0.1) is 0 Å². The van der Waals surface area contributed by atoms with Crippen LogP contribution in [0.25, 0.3) is 22.1 Å². The molecule has 0 saturated carbocycles. The molecule has 1 atom stereocenters. The summed E-state index contributed by atoms with van der Waals surface area (Å²) in [7, 11) is 0. The summed E-state index contributed by atoms with van der Waals surface area (Å²) in [6.07, 6.45) is 0.284. The number of amides is 1. The number of hydrogen-bond donors (Lipinski definition) is 2. The number of hydrogen-bond acceptors (Lipinski definition) is 5. The minimum absolute atomic E-state index is 0.284. The molecule has 0 spiro atoms. The van der Waals surface area contributed by atoms with E-state index in [1.807, 2.05) is 12.1 Å². The van der Waals surface area contributed by atoms with Gasteiger partial charge in [-0.15, -0.1) is 0 Å². The number of carbonyl (C=O) groups is 2. The van der Waals surface area contributed by atoms with E-state index in [1.54, 1.807) is 49.4 Å². The van der Waals surface area contributed by atoms with E-state index in [9.17, 15) is 14.4 Å². The lowest BCUT2D eigenvalue weighted by atomic mass is 10.1. The molecule has 1 heterocycles. The van der Waals surface area contributed by atoms with Crippen LogP contribution >= 0.6 is 0 Å². The second-order valence-electron chi connectivity index (χ2n) is 6.16. The average Bonchev–Trinajstić information content (AvgIpc) is 2.70. The summed E-state index contributed by atoms with van der Waals surface area (Å²) in [5.41, 5.74) is 0.283. The third-order valence-corrected chi connectivity index (χ3v) is 4.22. The lowest BCUT2D eigenvalue weighted by Crippen LogP contribution is -2.42. The van der Waals surface area contributed by atoms with Crippen LogP contribution in [0.15, 0.2) is 63.8 Å². The van der Waals surface area contributed by atoms with Crippen LogP contribution in [0.2, 0.25) is 0 Å². The van der Waals surface area contributed by atoms with Crippen molar-refractivity contribution >= 4 is 22.6 Å². The van der Waals surface area contributed by atoms with Crippen LogP contribution < -0.4 is 15.7 Å². The van der Waals surface area contributed by atoms with Crippen molar-refractivity contribution in [3.63, 3.8) is 0 Å². The molecule has 1 amide bonds. The number of benzene rings is 2. The molecule has 0 saturated heterocycles. The summed E-state index contributed by atoms with van der Waals surface area (Å²) < 4.78 is 10.8. The average molecular weight is 381 g/mol. The Bertz CT molecular complexity index is 1050. The summed E-state index contributed by atoms with van der Waals surface area (Å²) in [6, 6.07) is 14.7. The number of rotatable bonds is 7. The Balaban J connectivity index is 1.68. The van der Waals surface area contributed by atoms with Gasteiger partial charge in [0.1, 0.15) is 17.6 Å². The fourth-order valence-electron chi connectivity index (χ4n) is 2.72. The Labute approximate surface area is 160 Å². The normalized spacial score (nSPS) is 11.8. The number of fused-ring (bicyclic) bond motifs is 1. The SMILES string of the molecule is CC[C@H](NC(=O)COc1ccc(-c2cc3ccccc3c(=O)o2)cc1)C(=O)O. The highest BCUT2D eigenvalue weighted by molar-refractivity contribution is 5.85. The van der Waals surface area contributed by atoms with Gasteiger partial charge < -0.3 is 19.6 Å². The van der Waals surface area contributed by atoms with Gasteiger partial charge in [0.2, 0.25) is 0 Å². The third kappa shape index (κ3) is 4.37. The van der Waals surface area contributed by atoms with Gasteiger partial charge in [-0.1, -0.05) is 25.1 Å². The Kier molecular flexibility index (Phi) is 5.74. The predicted molar refractivity (Wildman–Crippen MR) is 103 cm³/mol. The molecule has 7 heteroatoms. The zero-order valence-corrected chi connectivity index (χ0v) is 15.2. The van der Waals surface area contributed by atoms with E-state index in [-0.39, 0.29) is 13.0 Å². The molecular formula is C21H19NO6. The molecule has 3 aromatic rings. The summed E-state index contributed by atoms with van der Waals surface area (Å²) >= 11 is 0. The number of aliphatic carboxylic acids is 1. The van der Waals surface area contributed by atoms with Crippen molar-refractivity contribution in [2.45, 2.75) is 19.4 Å². The largest absolute Gasteiger partial charge is 0.484 e. The van der Waals surface area contributed by atoms with Crippen molar-refractivity contribution in [1.82, 2.24) is 5.32 Å². The lowest BCUT2D eigenvalue weighted by molar-refractivity contribution is -0.142. The zero-order valence-electron chi connectivity index (χ0n) is 15.2. The molecule has 144 valence electrons. The Morgan fingerprint density at radius 3 is 2.54 bits per heavy atom. The summed E-state index contributed by atoms with van der Waals surface area (Å²) in [5.74, 6) is -0.735. The Morgan fingerprint density at radius 2 is 1.86 bits per heavy atom. The van der Waals surface area contributed by atoms with E-state index in [0.29, 0.717) is 22.5 Å². The first kappa shape index (κ1) is 19.2. The highest BCUT2D eigenvalue weighted by atomic mass is 16.5. The first-order valence-corrected chi connectivity index (χ1v) is 8.76. The number of carboxylic acid groups (broad SMARTS) is 1. The standard InChI is InChI=1S/C21H19NO6/c1-2-17(20(24)25)22-19(23)12-27-15-9-7-13(8-10-15)18-11-14-5-3-4-6-16(14)21(26)28-18/h3-11,17H,2,12H2,1H3,(H,22,23)(H,24,25)/t17-/m0/s1. The van der Waals surface area contributed by atoms with Gasteiger partial charge in [-0.3, -0.25) is 4.79 Å². The van der Waals surface area contributed by atoms with E-state index in [4.69, 9.17) is 14.3 Å². The van der Waals surface area contributed by atoms with Crippen LogP contribution in [0.5, 0.6) is 5.75 Å². The van der Waals surface area contributed by atoms with E-state index in [0.717, 1.165) is 5.39 Å². The first-order chi connectivity index (χ1) is 13.5. The van der Waals surface area contributed by atoms with Gasteiger partial charge in [-0.25, -0.2) is 9.59 Å². The van der Waals surface area contributed by atoms with E-state index in [2.05, 4.69) is 5.32 Å². The lowest BCUT2D eigenvalue weighted by Gasteiger charge is -2.12. The highest BCUT2D eigenvalue weighted by Gasteiger charge is 2.17. The monoisotopic (exact) mass is 381 g/mol. The number of carboxylic acids is 1. The fourth-order valence-corrected chi connectivity index (χ4v) is 2.72. The van der Waals surface area contributed by atoms with Gasteiger partial charge in [0.05, 0.1) is 5.39 Å². The van der Waals surface area contributed by atoms with Crippen LogP contribution in [0.4, 0.5) is 0 Å².